The zero-order valence-electron chi connectivity index (χ0n) is 22.6. The summed E-state index contributed by atoms with van der Waals surface area (Å²) in [6.45, 7) is 2.79. The second kappa shape index (κ2) is 13.8. The second-order valence-electron chi connectivity index (χ2n) is 9.80. The normalized spacial score (nSPS) is 14.0. The first-order valence-electron chi connectivity index (χ1n) is 13.2. The van der Waals surface area contributed by atoms with Crippen molar-refractivity contribution < 1.29 is 17.5 Å². The highest BCUT2D eigenvalue weighted by Crippen LogP contribution is 2.40. The fourth-order valence-electron chi connectivity index (χ4n) is 4.99. The van der Waals surface area contributed by atoms with Crippen LogP contribution in [0.5, 0.6) is 0 Å². The SMILES string of the molecule is COCCS(=O)(=O)c1ccc(CCN2CC=C(c3c[nH]c(-c4ccc(F)c(Cl)c4)c3-c3ccncc3)CC2)cc1.Cl. The Bertz CT molecular complexity index is 1610. The fourth-order valence-corrected chi connectivity index (χ4v) is 6.35. The lowest BCUT2D eigenvalue weighted by atomic mass is 9.92. The van der Waals surface area contributed by atoms with E-state index in [9.17, 15) is 12.8 Å². The first kappa shape index (κ1) is 30.9. The number of nitrogens with zero attached hydrogens (tertiary/aromatic N) is 2. The molecule has 1 N–H and O–H groups in total. The number of ether oxygens (including phenoxy) is 1. The van der Waals surface area contributed by atoms with Crippen LogP contribution in [0, 0.1) is 5.82 Å². The van der Waals surface area contributed by atoms with E-state index >= 15 is 0 Å². The third-order valence-corrected chi connectivity index (χ3v) is 9.24. The number of benzene rings is 2. The van der Waals surface area contributed by atoms with Gasteiger partial charge in [0, 0.05) is 62.0 Å². The minimum Gasteiger partial charge on any atom is -0.384 e. The summed E-state index contributed by atoms with van der Waals surface area (Å²) in [7, 11) is -1.83. The Labute approximate surface area is 251 Å². The third kappa shape index (κ3) is 7.26. The Balaban J connectivity index is 0.00000387. The summed E-state index contributed by atoms with van der Waals surface area (Å²) in [6.07, 6.45) is 9.55. The average molecular weight is 617 g/mol. The standard InChI is InChI=1S/C31H31ClFN3O3S.ClH/c1-39-18-19-40(37,38)26-5-2-22(3-6-26)10-15-36-16-11-23(12-17-36)27-21-35-31(25-4-7-29(33)28(32)20-25)30(27)24-8-13-34-14-9-24;/h2-9,11,13-14,20-21,35H,10,12,15-19H2,1H3;1H. The van der Waals surface area contributed by atoms with E-state index in [-0.39, 0.29) is 29.8 Å². The van der Waals surface area contributed by atoms with Crippen molar-refractivity contribution in [3.63, 3.8) is 0 Å². The van der Waals surface area contributed by atoms with Crippen LogP contribution in [0.2, 0.25) is 5.02 Å². The van der Waals surface area contributed by atoms with Gasteiger partial charge >= 0.3 is 0 Å². The minimum absolute atomic E-state index is 0. The molecule has 0 saturated heterocycles. The summed E-state index contributed by atoms with van der Waals surface area (Å²) < 4.78 is 43.5. The van der Waals surface area contributed by atoms with Crippen molar-refractivity contribution in [2.45, 2.75) is 17.7 Å². The molecule has 5 rings (SSSR count). The number of halogens is 3. The third-order valence-electron chi connectivity index (χ3n) is 7.25. The number of H-pyrrole nitrogens is 1. The first-order chi connectivity index (χ1) is 19.4. The molecule has 0 unspecified atom stereocenters. The predicted molar refractivity (Wildman–Crippen MR) is 165 cm³/mol. The van der Waals surface area contributed by atoms with Crippen molar-refractivity contribution in [1.82, 2.24) is 14.9 Å². The van der Waals surface area contributed by atoms with E-state index < -0.39 is 15.7 Å². The van der Waals surface area contributed by atoms with Crippen LogP contribution >= 0.6 is 24.0 Å². The lowest BCUT2D eigenvalue weighted by Crippen LogP contribution is -2.30. The van der Waals surface area contributed by atoms with Crippen LogP contribution in [0.15, 0.2) is 84.2 Å². The summed E-state index contributed by atoms with van der Waals surface area (Å²) >= 11 is 6.11. The zero-order valence-corrected chi connectivity index (χ0v) is 25.0. The van der Waals surface area contributed by atoms with Gasteiger partial charge in [-0.2, -0.15) is 0 Å². The fraction of sp³-hybridized carbons (Fsp3) is 0.258. The van der Waals surface area contributed by atoms with Crippen LogP contribution in [-0.4, -0.2) is 62.4 Å². The maximum absolute atomic E-state index is 13.9. The van der Waals surface area contributed by atoms with E-state index in [0.717, 1.165) is 66.0 Å². The number of hydrogen-bond acceptors (Lipinski definition) is 5. The summed E-state index contributed by atoms with van der Waals surface area (Å²) in [5.41, 5.74) is 7.26. The summed E-state index contributed by atoms with van der Waals surface area (Å²) in [6, 6.07) is 15.9. The van der Waals surface area contributed by atoms with Crippen molar-refractivity contribution in [3.05, 3.63) is 101 Å². The second-order valence-corrected chi connectivity index (χ2v) is 12.3. The molecule has 2 aromatic carbocycles. The molecule has 0 amide bonds. The van der Waals surface area contributed by atoms with E-state index in [0.29, 0.717) is 4.90 Å². The highest BCUT2D eigenvalue weighted by Gasteiger charge is 2.21. The number of aromatic nitrogens is 2. The molecular formula is C31H32Cl2FN3O3S. The van der Waals surface area contributed by atoms with E-state index in [1.54, 1.807) is 36.7 Å². The molecule has 6 nitrogen and oxygen atoms in total. The van der Waals surface area contributed by atoms with Gasteiger partial charge in [-0.1, -0.05) is 29.8 Å². The molecule has 216 valence electrons. The zero-order chi connectivity index (χ0) is 28.1. The van der Waals surface area contributed by atoms with E-state index in [1.807, 2.05) is 30.5 Å². The van der Waals surface area contributed by atoms with Gasteiger partial charge < -0.3 is 9.72 Å². The van der Waals surface area contributed by atoms with Crippen LogP contribution in [0.3, 0.4) is 0 Å². The summed E-state index contributed by atoms with van der Waals surface area (Å²) in [5.74, 6) is -0.463. The van der Waals surface area contributed by atoms with Gasteiger partial charge in [0.05, 0.1) is 28.0 Å². The molecular weight excluding hydrogens is 584 g/mol. The van der Waals surface area contributed by atoms with Crippen molar-refractivity contribution in [2.24, 2.45) is 0 Å². The number of pyridine rings is 1. The molecule has 0 saturated carbocycles. The van der Waals surface area contributed by atoms with Crippen LogP contribution in [-0.2, 0) is 21.0 Å². The molecule has 0 radical (unpaired) electrons. The van der Waals surface area contributed by atoms with Crippen LogP contribution in [0.25, 0.3) is 28.0 Å². The maximum atomic E-state index is 13.9. The molecule has 0 spiro atoms. The van der Waals surface area contributed by atoms with Crippen molar-refractivity contribution in [1.29, 1.82) is 0 Å². The van der Waals surface area contributed by atoms with Gasteiger partial charge in [-0.25, -0.2) is 12.8 Å². The molecule has 10 heteroatoms. The van der Waals surface area contributed by atoms with Crippen LogP contribution < -0.4 is 0 Å². The first-order valence-corrected chi connectivity index (χ1v) is 15.2. The largest absolute Gasteiger partial charge is 0.384 e. The van der Waals surface area contributed by atoms with Crippen molar-refractivity contribution in [3.8, 4) is 22.4 Å². The smallest absolute Gasteiger partial charge is 0.180 e. The Kier molecular flexibility index (Phi) is 10.4. The van der Waals surface area contributed by atoms with Gasteiger partial charge in [0.1, 0.15) is 5.82 Å². The van der Waals surface area contributed by atoms with E-state index in [1.165, 1.54) is 18.7 Å². The monoisotopic (exact) mass is 615 g/mol. The van der Waals surface area contributed by atoms with Gasteiger partial charge in [0.15, 0.2) is 9.84 Å². The Hall–Kier alpha value is -3.01. The quantitative estimate of drug-likeness (QED) is 0.215. The number of aromatic amines is 1. The molecule has 2 aromatic heterocycles. The Morgan fingerprint density at radius 1 is 1.07 bits per heavy atom. The number of sulfone groups is 1. The minimum atomic E-state index is -3.32. The van der Waals surface area contributed by atoms with Crippen LogP contribution in [0.4, 0.5) is 4.39 Å². The van der Waals surface area contributed by atoms with Gasteiger partial charge in [0.2, 0.25) is 0 Å². The predicted octanol–water partition coefficient (Wildman–Crippen LogP) is 6.71. The Morgan fingerprint density at radius 2 is 1.83 bits per heavy atom. The molecule has 0 atom stereocenters. The maximum Gasteiger partial charge on any atom is 0.180 e. The molecule has 3 heterocycles. The summed E-state index contributed by atoms with van der Waals surface area (Å²) in [5, 5.41) is 0.0872. The number of methoxy groups -OCH3 is 1. The van der Waals surface area contributed by atoms with Gasteiger partial charge in [-0.15, -0.1) is 12.4 Å². The number of rotatable bonds is 10. The van der Waals surface area contributed by atoms with Gasteiger partial charge in [-0.3, -0.25) is 9.88 Å². The van der Waals surface area contributed by atoms with Gasteiger partial charge in [0.25, 0.3) is 0 Å². The van der Waals surface area contributed by atoms with Crippen molar-refractivity contribution in [2.75, 3.05) is 39.1 Å². The average Bonchev–Trinajstić information content (AvgIpc) is 3.43. The number of hydrogen-bond donors (Lipinski definition) is 1. The molecule has 1 aliphatic rings. The molecule has 0 aliphatic carbocycles. The molecule has 1 aliphatic heterocycles. The highest BCUT2D eigenvalue weighted by molar-refractivity contribution is 7.91. The van der Waals surface area contributed by atoms with E-state index in [2.05, 4.69) is 20.9 Å². The molecule has 4 aromatic rings. The lowest BCUT2D eigenvalue weighted by molar-refractivity contribution is 0.217. The highest BCUT2D eigenvalue weighted by atomic mass is 35.5. The summed E-state index contributed by atoms with van der Waals surface area (Å²) in [4.78, 5) is 10.3. The van der Waals surface area contributed by atoms with E-state index in [4.69, 9.17) is 16.3 Å². The molecule has 0 fully saturated rings. The van der Waals surface area contributed by atoms with Crippen molar-refractivity contribution >= 4 is 39.4 Å². The lowest BCUT2D eigenvalue weighted by Gasteiger charge is -2.26. The molecule has 0 bridgehead atoms. The topological polar surface area (TPSA) is 75.3 Å². The van der Waals surface area contributed by atoms with Crippen LogP contribution in [0.1, 0.15) is 17.5 Å². The number of nitrogens with one attached hydrogen (secondary N) is 1. The van der Waals surface area contributed by atoms with Gasteiger partial charge in [-0.05, 0) is 72.0 Å². The molecule has 41 heavy (non-hydrogen) atoms. The Morgan fingerprint density at radius 3 is 2.49 bits per heavy atom.